The summed E-state index contributed by atoms with van der Waals surface area (Å²) in [7, 11) is 0. The summed E-state index contributed by atoms with van der Waals surface area (Å²) in [5, 5.41) is 0. The lowest BCUT2D eigenvalue weighted by Crippen LogP contribution is -2.41. The van der Waals surface area contributed by atoms with Crippen LogP contribution in [-0.4, -0.2) is 23.4 Å². The highest BCUT2D eigenvalue weighted by molar-refractivity contribution is 9.10. The lowest BCUT2D eigenvalue weighted by molar-refractivity contribution is 0.0654. The second-order valence-electron chi connectivity index (χ2n) is 5.89. The maximum Gasteiger partial charge on any atom is 0.255 e. The smallest absolute Gasteiger partial charge is 0.255 e. The number of hydrogen-bond donors (Lipinski definition) is 0. The molecule has 2 nitrogen and oxygen atoms in total. The topological polar surface area (TPSA) is 20.3 Å². The van der Waals surface area contributed by atoms with E-state index in [4.69, 9.17) is 0 Å². The number of halogens is 2. The highest BCUT2D eigenvalue weighted by Crippen LogP contribution is 2.28. The van der Waals surface area contributed by atoms with Crippen molar-refractivity contribution in [3.8, 4) is 0 Å². The SMILES string of the molecule is CC(C)CN(C(=O)c1cccc(F)c1Br)C1CCCC1. The summed E-state index contributed by atoms with van der Waals surface area (Å²) in [5.41, 5.74) is 0.428. The Hall–Kier alpha value is -0.900. The van der Waals surface area contributed by atoms with Gasteiger partial charge in [-0.05, 0) is 46.8 Å². The van der Waals surface area contributed by atoms with E-state index in [-0.39, 0.29) is 16.2 Å². The molecule has 0 unspecified atom stereocenters. The summed E-state index contributed by atoms with van der Waals surface area (Å²) in [5.74, 6) is -0.0318. The van der Waals surface area contributed by atoms with Crippen molar-refractivity contribution in [3.05, 3.63) is 34.1 Å². The molecule has 4 heteroatoms. The number of amides is 1. The Morgan fingerprint density at radius 3 is 2.65 bits per heavy atom. The average molecular weight is 342 g/mol. The van der Waals surface area contributed by atoms with Crippen LogP contribution in [0, 0.1) is 11.7 Å². The normalized spacial score (nSPS) is 15.8. The van der Waals surface area contributed by atoms with E-state index >= 15 is 0 Å². The van der Waals surface area contributed by atoms with Crippen molar-refractivity contribution < 1.29 is 9.18 Å². The largest absolute Gasteiger partial charge is 0.335 e. The van der Waals surface area contributed by atoms with Gasteiger partial charge in [-0.15, -0.1) is 0 Å². The Kier molecular flexibility index (Phi) is 5.19. The van der Waals surface area contributed by atoms with E-state index in [9.17, 15) is 9.18 Å². The van der Waals surface area contributed by atoms with Crippen LogP contribution < -0.4 is 0 Å². The minimum atomic E-state index is -0.383. The first-order valence-electron chi connectivity index (χ1n) is 7.25. The Bertz CT molecular complexity index is 483. The lowest BCUT2D eigenvalue weighted by Gasteiger charge is -2.31. The Balaban J connectivity index is 2.27. The molecule has 0 radical (unpaired) electrons. The molecule has 0 saturated heterocycles. The zero-order valence-electron chi connectivity index (χ0n) is 12.0. The van der Waals surface area contributed by atoms with E-state index in [1.807, 2.05) is 4.90 Å². The standard InChI is InChI=1S/C16H21BrFNO/c1-11(2)10-19(12-6-3-4-7-12)16(20)13-8-5-9-14(18)15(13)17/h5,8-9,11-12H,3-4,6-7,10H2,1-2H3. The summed E-state index contributed by atoms with van der Waals surface area (Å²) >= 11 is 3.20. The molecule has 110 valence electrons. The van der Waals surface area contributed by atoms with Crippen molar-refractivity contribution in [2.45, 2.75) is 45.6 Å². The molecule has 1 aromatic rings. The van der Waals surface area contributed by atoms with Crippen molar-refractivity contribution in [2.75, 3.05) is 6.54 Å². The molecule has 1 amide bonds. The van der Waals surface area contributed by atoms with Crippen LogP contribution >= 0.6 is 15.9 Å². The molecular formula is C16H21BrFNO. The van der Waals surface area contributed by atoms with Gasteiger partial charge < -0.3 is 4.90 Å². The summed E-state index contributed by atoms with van der Waals surface area (Å²) in [6.07, 6.45) is 4.48. The van der Waals surface area contributed by atoms with Crippen molar-refractivity contribution in [1.29, 1.82) is 0 Å². The third-order valence-corrected chi connectivity index (χ3v) is 4.58. The Labute approximate surface area is 128 Å². The number of rotatable bonds is 4. The third kappa shape index (κ3) is 3.40. The van der Waals surface area contributed by atoms with E-state index in [0.717, 1.165) is 19.4 Å². The molecule has 1 saturated carbocycles. The highest BCUT2D eigenvalue weighted by Gasteiger charge is 2.29. The van der Waals surface area contributed by atoms with Gasteiger partial charge in [0.25, 0.3) is 5.91 Å². The average Bonchev–Trinajstić information content (AvgIpc) is 2.92. The summed E-state index contributed by atoms with van der Waals surface area (Å²) in [6, 6.07) is 4.95. The van der Waals surface area contributed by atoms with Crippen molar-refractivity contribution >= 4 is 21.8 Å². The first kappa shape index (κ1) is 15.5. The predicted octanol–water partition coefficient (Wildman–Crippen LogP) is 4.63. The van der Waals surface area contributed by atoms with Crippen LogP contribution in [0.2, 0.25) is 0 Å². The van der Waals surface area contributed by atoms with Crippen LogP contribution in [-0.2, 0) is 0 Å². The molecule has 1 fully saturated rings. The summed E-state index contributed by atoms with van der Waals surface area (Å²) in [4.78, 5) is 14.7. The molecular weight excluding hydrogens is 321 g/mol. The Morgan fingerprint density at radius 2 is 2.05 bits per heavy atom. The maximum atomic E-state index is 13.6. The molecule has 0 N–H and O–H groups in total. The van der Waals surface area contributed by atoms with Crippen molar-refractivity contribution in [3.63, 3.8) is 0 Å². The van der Waals surface area contributed by atoms with Gasteiger partial charge in [0.05, 0.1) is 10.0 Å². The molecule has 20 heavy (non-hydrogen) atoms. The van der Waals surface area contributed by atoms with Gasteiger partial charge in [0.15, 0.2) is 0 Å². The fourth-order valence-electron chi connectivity index (χ4n) is 2.83. The Morgan fingerprint density at radius 1 is 1.40 bits per heavy atom. The van der Waals surface area contributed by atoms with Gasteiger partial charge in [0.1, 0.15) is 5.82 Å². The summed E-state index contributed by atoms with van der Waals surface area (Å²) < 4.78 is 13.9. The first-order valence-corrected chi connectivity index (χ1v) is 8.05. The van der Waals surface area contributed by atoms with Gasteiger partial charge in [-0.25, -0.2) is 4.39 Å². The molecule has 0 aliphatic heterocycles. The van der Waals surface area contributed by atoms with Crippen LogP contribution in [0.3, 0.4) is 0 Å². The van der Waals surface area contributed by atoms with E-state index < -0.39 is 0 Å². The molecule has 2 rings (SSSR count). The maximum absolute atomic E-state index is 13.6. The number of nitrogens with zero attached hydrogens (tertiary/aromatic N) is 1. The number of carbonyl (C=O) groups is 1. The molecule has 1 aliphatic carbocycles. The molecule has 0 heterocycles. The molecule has 1 aliphatic rings. The fraction of sp³-hybridized carbons (Fsp3) is 0.562. The summed E-state index contributed by atoms with van der Waals surface area (Å²) in [6.45, 7) is 4.94. The minimum absolute atomic E-state index is 0.0584. The van der Waals surface area contributed by atoms with Crippen LogP contribution in [0.4, 0.5) is 4.39 Å². The number of carbonyl (C=O) groups excluding carboxylic acids is 1. The first-order chi connectivity index (χ1) is 9.50. The minimum Gasteiger partial charge on any atom is -0.335 e. The van der Waals surface area contributed by atoms with Gasteiger partial charge in [-0.2, -0.15) is 0 Å². The van der Waals surface area contributed by atoms with Gasteiger partial charge >= 0.3 is 0 Å². The van der Waals surface area contributed by atoms with Crippen LogP contribution in [0.25, 0.3) is 0 Å². The fourth-order valence-corrected chi connectivity index (χ4v) is 3.26. The van der Waals surface area contributed by atoms with Gasteiger partial charge in [-0.1, -0.05) is 32.8 Å². The zero-order valence-corrected chi connectivity index (χ0v) is 13.6. The van der Waals surface area contributed by atoms with Crippen LogP contribution in [0.1, 0.15) is 49.9 Å². The van der Waals surface area contributed by atoms with Gasteiger partial charge in [0.2, 0.25) is 0 Å². The van der Waals surface area contributed by atoms with Gasteiger partial charge in [-0.3, -0.25) is 4.79 Å². The van der Waals surface area contributed by atoms with E-state index in [2.05, 4.69) is 29.8 Å². The third-order valence-electron chi connectivity index (χ3n) is 3.77. The van der Waals surface area contributed by atoms with E-state index in [1.165, 1.54) is 18.9 Å². The highest BCUT2D eigenvalue weighted by atomic mass is 79.9. The monoisotopic (exact) mass is 341 g/mol. The second kappa shape index (κ2) is 6.70. The van der Waals surface area contributed by atoms with Crippen LogP contribution in [0.5, 0.6) is 0 Å². The lowest BCUT2D eigenvalue weighted by atomic mass is 10.1. The second-order valence-corrected chi connectivity index (χ2v) is 6.68. The van der Waals surface area contributed by atoms with Crippen LogP contribution in [0.15, 0.2) is 22.7 Å². The molecule has 0 atom stereocenters. The molecule has 0 aromatic heterocycles. The van der Waals surface area contributed by atoms with Crippen molar-refractivity contribution in [2.24, 2.45) is 5.92 Å². The molecule has 0 spiro atoms. The number of hydrogen-bond acceptors (Lipinski definition) is 1. The zero-order chi connectivity index (χ0) is 14.7. The van der Waals surface area contributed by atoms with E-state index in [1.54, 1.807) is 12.1 Å². The van der Waals surface area contributed by atoms with E-state index in [0.29, 0.717) is 17.5 Å². The van der Waals surface area contributed by atoms with Crippen molar-refractivity contribution in [1.82, 2.24) is 4.90 Å². The molecule has 1 aromatic carbocycles. The predicted molar refractivity (Wildman–Crippen MR) is 82.2 cm³/mol. The molecule has 0 bridgehead atoms. The van der Waals surface area contributed by atoms with Gasteiger partial charge in [0, 0.05) is 12.6 Å². The number of benzene rings is 1. The quantitative estimate of drug-likeness (QED) is 0.781.